The van der Waals surface area contributed by atoms with Crippen LogP contribution in [0.5, 0.6) is 0 Å². The molecule has 0 saturated carbocycles. The number of rotatable bonds is 9. The van der Waals surface area contributed by atoms with E-state index in [9.17, 15) is 9.18 Å². The van der Waals surface area contributed by atoms with Gasteiger partial charge in [-0.15, -0.1) is 0 Å². The third-order valence-corrected chi connectivity index (χ3v) is 6.02. The van der Waals surface area contributed by atoms with Crippen molar-refractivity contribution in [1.82, 2.24) is 20.4 Å². The van der Waals surface area contributed by atoms with Crippen molar-refractivity contribution in [2.24, 2.45) is 4.99 Å². The lowest BCUT2D eigenvalue weighted by Crippen LogP contribution is -2.38. The number of ether oxygens (including phenoxy) is 1. The Balaban J connectivity index is 1.38. The second-order valence-electron chi connectivity index (χ2n) is 8.56. The molecule has 2 aromatic heterocycles. The molecule has 1 aromatic carbocycles. The molecule has 39 heavy (non-hydrogen) atoms. The van der Waals surface area contributed by atoms with Gasteiger partial charge in [0.2, 0.25) is 5.95 Å². The number of carbonyl (C=O) groups excluding carboxylic acids is 1. The number of hydrazine groups is 1. The Hall–Kier alpha value is -4.35. The number of halogens is 2. The Labute approximate surface area is 230 Å². The average molecular weight is 551 g/mol. The molecule has 0 radical (unpaired) electrons. The molecule has 1 aliphatic heterocycles. The van der Waals surface area contributed by atoms with Crippen LogP contribution in [0.2, 0.25) is 5.02 Å². The summed E-state index contributed by atoms with van der Waals surface area (Å²) in [6, 6.07) is 8.82. The third kappa shape index (κ3) is 7.37. The topological polar surface area (TPSA) is 117 Å². The fraction of sp³-hybridized carbons (Fsp3) is 0.222. The maximum Gasteiger partial charge on any atom is 0.288 e. The van der Waals surface area contributed by atoms with Crippen molar-refractivity contribution in [1.29, 1.82) is 0 Å². The Morgan fingerprint density at radius 1 is 1.18 bits per heavy atom. The van der Waals surface area contributed by atoms with Crippen LogP contribution in [0.15, 0.2) is 65.9 Å². The quantitative estimate of drug-likeness (QED) is 0.200. The number of pyridine rings is 1. The zero-order chi connectivity index (χ0) is 27.8. The molecule has 0 atom stereocenters. The van der Waals surface area contributed by atoms with Crippen molar-refractivity contribution >= 4 is 52.4 Å². The van der Waals surface area contributed by atoms with Crippen molar-refractivity contribution in [3.8, 4) is 0 Å². The molecular weight excluding hydrogens is 523 g/mol. The second kappa shape index (κ2) is 12.9. The van der Waals surface area contributed by atoms with E-state index < -0.39 is 11.7 Å². The lowest BCUT2D eigenvalue weighted by Gasteiger charge is -2.28. The van der Waals surface area contributed by atoms with Gasteiger partial charge in [0.05, 0.1) is 31.3 Å². The number of aromatic nitrogens is 3. The van der Waals surface area contributed by atoms with Crippen LogP contribution in [0.1, 0.15) is 23.0 Å². The SMILES string of the molecule is C=C(/C(C)=C\C=N/C)c1cc(Cl)cc(Nc2ccc(C(=O)NNc3ncc(F)c(N4CCOCC4)n3)nc2)c1. The highest BCUT2D eigenvalue weighted by Crippen LogP contribution is 2.29. The summed E-state index contributed by atoms with van der Waals surface area (Å²) in [5, 5.41) is 3.78. The van der Waals surface area contributed by atoms with Gasteiger partial charge in [-0.1, -0.05) is 18.2 Å². The lowest BCUT2D eigenvalue weighted by molar-refractivity contribution is 0.0957. The van der Waals surface area contributed by atoms with E-state index in [0.29, 0.717) is 37.0 Å². The van der Waals surface area contributed by atoms with Gasteiger partial charge in [-0.25, -0.2) is 14.4 Å². The highest BCUT2D eigenvalue weighted by molar-refractivity contribution is 6.31. The van der Waals surface area contributed by atoms with Crippen molar-refractivity contribution in [3.05, 3.63) is 83.1 Å². The van der Waals surface area contributed by atoms with E-state index >= 15 is 0 Å². The lowest BCUT2D eigenvalue weighted by atomic mass is 10.00. The van der Waals surface area contributed by atoms with Crippen LogP contribution in [0.25, 0.3) is 5.57 Å². The maximum absolute atomic E-state index is 14.2. The number of carbonyl (C=O) groups is 1. The average Bonchev–Trinajstić information content (AvgIpc) is 2.95. The molecule has 3 heterocycles. The van der Waals surface area contributed by atoms with E-state index in [2.05, 4.69) is 42.7 Å². The van der Waals surface area contributed by atoms with Crippen LogP contribution in [-0.4, -0.2) is 60.4 Å². The van der Waals surface area contributed by atoms with Gasteiger partial charge in [0, 0.05) is 37.1 Å². The number of morpholine rings is 1. The van der Waals surface area contributed by atoms with E-state index in [1.54, 1.807) is 36.4 Å². The minimum Gasteiger partial charge on any atom is -0.378 e. The number of hydrogen-bond acceptors (Lipinski definition) is 9. The van der Waals surface area contributed by atoms with Gasteiger partial charge in [-0.05, 0) is 60.0 Å². The molecule has 3 aromatic rings. The van der Waals surface area contributed by atoms with Crippen LogP contribution in [-0.2, 0) is 4.74 Å². The number of nitrogens with one attached hydrogen (secondary N) is 3. The zero-order valence-electron chi connectivity index (χ0n) is 21.5. The van der Waals surface area contributed by atoms with E-state index in [0.717, 1.165) is 28.6 Å². The third-order valence-electron chi connectivity index (χ3n) is 5.80. The fourth-order valence-electron chi connectivity index (χ4n) is 3.71. The number of anilines is 4. The molecule has 1 fully saturated rings. The molecule has 1 saturated heterocycles. The normalized spacial score (nSPS) is 13.8. The molecule has 12 heteroatoms. The molecule has 1 amide bonds. The van der Waals surface area contributed by atoms with Gasteiger partial charge < -0.3 is 15.0 Å². The molecule has 0 aliphatic carbocycles. The molecule has 0 unspecified atom stereocenters. The molecule has 202 valence electrons. The summed E-state index contributed by atoms with van der Waals surface area (Å²) in [6.07, 6.45) is 6.17. The molecule has 0 bridgehead atoms. The van der Waals surface area contributed by atoms with E-state index in [4.69, 9.17) is 16.3 Å². The van der Waals surface area contributed by atoms with Crippen molar-refractivity contribution in [3.63, 3.8) is 0 Å². The first kappa shape index (κ1) is 27.7. The Bertz CT molecular complexity index is 1410. The number of allylic oxidation sites excluding steroid dienone is 3. The number of amides is 1. The van der Waals surface area contributed by atoms with Crippen LogP contribution in [0.3, 0.4) is 0 Å². The first-order valence-electron chi connectivity index (χ1n) is 12.1. The first-order valence-corrected chi connectivity index (χ1v) is 12.5. The maximum atomic E-state index is 14.2. The predicted molar refractivity (Wildman–Crippen MR) is 152 cm³/mol. The number of hydrogen-bond donors (Lipinski definition) is 3. The van der Waals surface area contributed by atoms with Gasteiger partial charge in [-0.3, -0.25) is 20.6 Å². The monoisotopic (exact) mass is 550 g/mol. The highest BCUT2D eigenvalue weighted by atomic mass is 35.5. The summed E-state index contributed by atoms with van der Waals surface area (Å²) >= 11 is 6.34. The van der Waals surface area contributed by atoms with E-state index in [1.807, 2.05) is 25.1 Å². The van der Waals surface area contributed by atoms with Crippen molar-refractivity contribution < 1.29 is 13.9 Å². The largest absolute Gasteiger partial charge is 0.378 e. The summed E-state index contributed by atoms with van der Waals surface area (Å²) < 4.78 is 19.5. The van der Waals surface area contributed by atoms with Crippen LogP contribution >= 0.6 is 11.6 Å². The van der Waals surface area contributed by atoms with Crippen molar-refractivity contribution in [2.45, 2.75) is 6.92 Å². The smallest absolute Gasteiger partial charge is 0.288 e. The Kier molecular flexibility index (Phi) is 9.18. The van der Waals surface area contributed by atoms with E-state index in [1.165, 1.54) is 6.20 Å². The second-order valence-corrected chi connectivity index (χ2v) is 9.00. The number of aliphatic imine (C=N–C) groups is 1. The van der Waals surface area contributed by atoms with Gasteiger partial charge in [0.25, 0.3) is 5.91 Å². The van der Waals surface area contributed by atoms with Crippen LogP contribution < -0.4 is 21.1 Å². The summed E-state index contributed by atoms with van der Waals surface area (Å²) in [5.41, 5.74) is 9.28. The first-order chi connectivity index (χ1) is 18.8. The summed E-state index contributed by atoms with van der Waals surface area (Å²) in [6.45, 7) is 8.10. The molecule has 0 spiro atoms. The molecule has 4 rings (SSSR count). The van der Waals surface area contributed by atoms with Gasteiger partial charge in [-0.2, -0.15) is 4.98 Å². The Morgan fingerprint density at radius 2 is 1.97 bits per heavy atom. The number of nitrogens with zero attached hydrogens (tertiary/aromatic N) is 5. The molecule has 10 nitrogen and oxygen atoms in total. The van der Waals surface area contributed by atoms with Gasteiger partial charge in [0.1, 0.15) is 5.69 Å². The van der Waals surface area contributed by atoms with E-state index in [-0.39, 0.29) is 17.5 Å². The highest BCUT2D eigenvalue weighted by Gasteiger charge is 2.18. The Morgan fingerprint density at radius 3 is 2.69 bits per heavy atom. The minimum absolute atomic E-state index is 0.0509. The van der Waals surface area contributed by atoms with Crippen LogP contribution in [0, 0.1) is 5.82 Å². The van der Waals surface area contributed by atoms with Crippen LogP contribution in [0.4, 0.5) is 27.5 Å². The minimum atomic E-state index is -0.549. The summed E-state index contributed by atoms with van der Waals surface area (Å²) in [4.78, 5) is 30.6. The van der Waals surface area contributed by atoms with Crippen molar-refractivity contribution in [2.75, 3.05) is 49.0 Å². The van der Waals surface area contributed by atoms with Gasteiger partial charge in [0.15, 0.2) is 11.6 Å². The zero-order valence-corrected chi connectivity index (χ0v) is 22.3. The molecular formula is C27H28ClFN8O2. The molecule has 1 aliphatic rings. The predicted octanol–water partition coefficient (Wildman–Crippen LogP) is 4.66. The molecule has 3 N–H and O–H groups in total. The number of benzene rings is 1. The summed E-state index contributed by atoms with van der Waals surface area (Å²) in [7, 11) is 1.70. The fourth-order valence-corrected chi connectivity index (χ4v) is 3.95. The standard InChI is InChI=1S/C27H28ClFN8O2/c1-17(6-7-30-3)18(2)19-12-20(28)14-22(13-19)33-21-4-5-24(31-15-21)26(38)35-36-27-32-16-23(29)25(34-27)37-8-10-39-11-9-37/h4-7,12-16,33H,2,8-11H2,1,3H3,(H,35,38)(H,32,34,36)/b17-6-,30-7-. The van der Waals surface area contributed by atoms with Gasteiger partial charge >= 0.3 is 0 Å². The summed E-state index contributed by atoms with van der Waals surface area (Å²) in [5.74, 6) is -0.865.